The van der Waals surface area contributed by atoms with Crippen LogP contribution in [0.15, 0.2) is 18.3 Å². The van der Waals surface area contributed by atoms with Gasteiger partial charge in [-0.05, 0) is 19.1 Å². The normalized spacial score (nSPS) is 14.5. The molecular weight excluding hydrogens is 252 g/mol. The van der Waals surface area contributed by atoms with Crippen LogP contribution in [0, 0.1) is 6.92 Å². The Kier molecular flexibility index (Phi) is 3.53. The number of hydrogen-bond donors (Lipinski definition) is 0. The van der Waals surface area contributed by atoms with Crippen LogP contribution in [-0.4, -0.2) is 23.4 Å². The van der Waals surface area contributed by atoms with Crippen molar-refractivity contribution in [1.29, 1.82) is 0 Å². The van der Waals surface area contributed by atoms with Gasteiger partial charge in [0.2, 0.25) is 0 Å². The summed E-state index contributed by atoms with van der Waals surface area (Å²) in [6.45, 7) is 1.54. The molecule has 0 radical (unpaired) electrons. The third-order valence-corrected chi connectivity index (χ3v) is 1.72. The molecule has 1 aromatic heterocycles. The number of aromatic nitrogens is 1. The molecule has 1 heterocycles. The molecule has 0 amide bonds. The van der Waals surface area contributed by atoms with E-state index in [1.807, 2.05) is 0 Å². The molecule has 0 aromatic carbocycles. The number of rotatable bonds is 3. The molecule has 1 aromatic rings. The topological polar surface area (TPSA) is 22.1 Å². The van der Waals surface area contributed by atoms with Crippen molar-refractivity contribution in [2.45, 2.75) is 25.4 Å². The smallest absolute Gasteiger partial charge is 0.428 e. The molecule has 0 bridgehead atoms. The summed E-state index contributed by atoms with van der Waals surface area (Å²) in [6.07, 6.45) is -14.3. The second-order valence-electron chi connectivity index (χ2n) is 3.20. The van der Waals surface area contributed by atoms with Crippen molar-refractivity contribution < 1.29 is 31.1 Å². The van der Waals surface area contributed by atoms with Crippen molar-refractivity contribution in [3.63, 3.8) is 0 Å². The summed E-state index contributed by atoms with van der Waals surface area (Å²) in [4.78, 5) is 3.52. The van der Waals surface area contributed by atoms with Gasteiger partial charge in [-0.3, -0.25) is 4.98 Å². The van der Waals surface area contributed by atoms with Crippen molar-refractivity contribution in [1.82, 2.24) is 4.98 Å². The lowest BCUT2D eigenvalue weighted by Crippen LogP contribution is -2.45. The molecule has 1 atom stereocenters. The summed E-state index contributed by atoms with van der Waals surface area (Å²) in [5, 5.41) is 0. The van der Waals surface area contributed by atoms with Crippen LogP contribution in [0.1, 0.15) is 5.69 Å². The van der Waals surface area contributed by atoms with Gasteiger partial charge in [0.05, 0.1) is 6.20 Å². The largest absolute Gasteiger partial charge is 0.439 e. The van der Waals surface area contributed by atoms with Crippen LogP contribution >= 0.6 is 0 Å². The van der Waals surface area contributed by atoms with Gasteiger partial charge in [0.1, 0.15) is 5.75 Å². The highest BCUT2D eigenvalue weighted by Crippen LogP contribution is 2.36. The summed E-state index contributed by atoms with van der Waals surface area (Å²) >= 11 is 0. The number of nitrogens with zero attached hydrogens (tertiary/aromatic N) is 1. The Balaban J connectivity index is 2.82. The number of pyridine rings is 1. The zero-order chi connectivity index (χ0) is 13.3. The Labute approximate surface area is 92.2 Å². The van der Waals surface area contributed by atoms with E-state index in [-0.39, 0.29) is 0 Å². The minimum absolute atomic E-state index is 0.452. The summed E-state index contributed by atoms with van der Waals surface area (Å²) in [5.41, 5.74) is 0.452. The molecule has 8 heteroatoms. The Morgan fingerprint density at radius 1 is 1.18 bits per heavy atom. The van der Waals surface area contributed by atoms with Crippen LogP contribution in [-0.2, 0) is 0 Å². The monoisotopic (exact) mass is 259 g/mol. The Morgan fingerprint density at radius 3 is 2.18 bits per heavy atom. The molecule has 0 aliphatic rings. The van der Waals surface area contributed by atoms with E-state index in [1.54, 1.807) is 0 Å². The molecule has 1 unspecified atom stereocenters. The van der Waals surface area contributed by atoms with E-state index in [9.17, 15) is 26.3 Å². The minimum Gasteiger partial charge on any atom is -0.428 e. The summed E-state index contributed by atoms with van der Waals surface area (Å²) in [7, 11) is 0. The molecule has 0 aliphatic heterocycles. The summed E-state index contributed by atoms with van der Waals surface area (Å²) < 4.78 is 76.9. The van der Waals surface area contributed by atoms with Crippen LogP contribution in [0.25, 0.3) is 0 Å². The number of halogens is 6. The third-order valence-electron chi connectivity index (χ3n) is 1.72. The van der Waals surface area contributed by atoms with Crippen molar-refractivity contribution in [3.8, 4) is 5.75 Å². The van der Waals surface area contributed by atoms with Crippen LogP contribution in [0.5, 0.6) is 5.75 Å². The predicted molar refractivity (Wildman–Crippen MR) is 45.5 cm³/mol. The second-order valence-corrected chi connectivity index (χ2v) is 3.20. The Hall–Kier alpha value is -1.47. The summed E-state index contributed by atoms with van der Waals surface area (Å²) in [6, 6.07) is 2.21. The van der Waals surface area contributed by atoms with E-state index < -0.39 is 24.2 Å². The van der Waals surface area contributed by atoms with Gasteiger partial charge in [-0.25, -0.2) is 4.39 Å². The predicted octanol–water partition coefficient (Wildman–Crippen LogP) is 3.26. The fourth-order valence-electron chi connectivity index (χ4n) is 0.914. The first kappa shape index (κ1) is 13.6. The summed E-state index contributed by atoms with van der Waals surface area (Å²) in [5.74, 6) is -0.646. The van der Waals surface area contributed by atoms with Crippen molar-refractivity contribution in [2.24, 2.45) is 0 Å². The van der Waals surface area contributed by atoms with Gasteiger partial charge < -0.3 is 4.74 Å². The minimum atomic E-state index is -5.69. The second kappa shape index (κ2) is 4.42. The Morgan fingerprint density at radius 2 is 1.76 bits per heavy atom. The molecule has 17 heavy (non-hydrogen) atoms. The first-order valence-electron chi connectivity index (χ1n) is 4.33. The maximum Gasteiger partial charge on any atom is 0.439 e. The van der Waals surface area contributed by atoms with E-state index in [2.05, 4.69) is 9.72 Å². The number of ether oxygens (including phenoxy) is 1. The first-order chi connectivity index (χ1) is 7.63. The van der Waals surface area contributed by atoms with E-state index in [4.69, 9.17) is 0 Å². The molecular formula is C9H7F6NO. The highest BCUT2D eigenvalue weighted by atomic mass is 19.4. The SMILES string of the molecule is Cc1ccc(OC(F)(F)C(F)C(F)(F)F)cn1. The highest BCUT2D eigenvalue weighted by Gasteiger charge is 2.59. The van der Waals surface area contributed by atoms with Gasteiger partial charge in [0, 0.05) is 5.69 Å². The van der Waals surface area contributed by atoms with Crippen molar-refractivity contribution >= 4 is 0 Å². The maximum atomic E-state index is 12.8. The molecule has 0 saturated carbocycles. The van der Waals surface area contributed by atoms with Crippen LogP contribution in [0.3, 0.4) is 0 Å². The molecule has 0 aliphatic carbocycles. The molecule has 0 N–H and O–H groups in total. The van der Waals surface area contributed by atoms with E-state index in [0.29, 0.717) is 5.69 Å². The van der Waals surface area contributed by atoms with Crippen LogP contribution < -0.4 is 4.74 Å². The lowest BCUT2D eigenvalue weighted by Gasteiger charge is -2.22. The van der Waals surface area contributed by atoms with Gasteiger partial charge in [-0.1, -0.05) is 0 Å². The quantitative estimate of drug-likeness (QED) is 0.777. The fraction of sp³-hybridized carbons (Fsp3) is 0.444. The molecule has 0 saturated heterocycles. The number of hydrogen-bond acceptors (Lipinski definition) is 2. The molecule has 1 rings (SSSR count). The fourth-order valence-corrected chi connectivity index (χ4v) is 0.914. The maximum absolute atomic E-state index is 12.8. The van der Waals surface area contributed by atoms with Crippen LogP contribution in [0.2, 0.25) is 0 Å². The van der Waals surface area contributed by atoms with Gasteiger partial charge >= 0.3 is 12.3 Å². The first-order valence-corrected chi connectivity index (χ1v) is 4.33. The number of aryl methyl sites for hydroxylation is 1. The van der Waals surface area contributed by atoms with E-state index in [1.165, 1.54) is 13.0 Å². The number of alkyl halides is 6. The third kappa shape index (κ3) is 3.50. The standard InChI is InChI=1S/C9H7F6NO/c1-5-2-3-6(4-16-5)17-9(14,15)7(10)8(11,12)13/h2-4,7H,1H3. The lowest BCUT2D eigenvalue weighted by atomic mass is 10.3. The van der Waals surface area contributed by atoms with E-state index >= 15 is 0 Å². The van der Waals surface area contributed by atoms with Crippen LogP contribution in [0.4, 0.5) is 26.3 Å². The molecule has 2 nitrogen and oxygen atoms in total. The average molecular weight is 259 g/mol. The highest BCUT2D eigenvalue weighted by molar-refractivity contribution is 5.19. The van der Waals surface area contributed by atoms with Gasteiger partial charge in [0.25, 0.3) is 6.17 Å². The zero-order valence-electron chi connectivity index (χ0n) is 8.43. The zero-order valence-corrected chi connectivity index (χ0v) is 8.43. The van der Waals surface area contributed by atoms with Crippen molar-refractivity contribution in [3.05, 3.63) is 24.0 Å². The van der Waals surface area contributed by atoms with Gasteiger partial charge in [-0.2, -0.15) is 22.0 Å². The molecule has 0 spiro atoms. The average Bonchev–Trinajstić information content (AvgIpc) is 2.19. The van der Waals surface area contributed by atoms with Crippen molar-refractivity contribution in [2.75, 3.05) is 0 Å². The molecule has 96 valence electrons. The lowest BCUT2D eigenvalue weighted by molar-refractivity contribution is -0.305. The van der Waals surface area contributed by atoms with Gasteiger partial charge in [0.15, 0.2) is 0 Å². The Bertz CT molecular complexity index is 374. The van der Waals surface area contributed by atoms with Gasteiger partial charge in [-0.15, -0.1) is 0 Å². The molecule has 0 fully saturated rings. The van der Waals surface area contributed by atoms with E-state index in [0.717, 1.165) is 12.3 Å².